The van der Waals surface area contributed by atoms with E-state index in [1.54, 1.807) is 24.3 Å². The first kappa shape index (κ1) is 24.6. The van der Waals surface area contributed by atoms with Crippen molar-refractivity contribution < 1.29 is 17.2 Å². The minimum atomic E-state index is -4.15. The molecule has 30 heavy (non-hydrogen) atoms. The van der Waals surface area contributed by atoms with Crippen LogP contribution < -0.4 is 13.9 Å². The fourth-order valence-corrected chi connectivity index (χ4v) is 5.43. The zero-order valence-corrected chi connectivity index (χ0v) is 18.6. The molecule has 2 aliphatic rings. The molecule has 0 spiro atoms. The summed E-state index contributed by atoms with van der Waals surface area (Å²) in [6, 6.07) is 9.94. The van der Waals surface area contributed by atoms with E-state index >= 15 is 0 Å². The molecule has 6 nitrogen and oxygen atoms in total. The second kappa shape index (κ2) is 10.1. The lowest BCUT2D eigenvalue weighted by molar-refractivity contribution is 0.301. The number of fused-ring (bicyclic) bond motifs is 1. The number of hydrogen-bond donors (Lipinski definition) is 1. The number of rotatable bonds is 4. The third-order valence-electron chi connectivity index (χ3n) is 5.07. The van der Waals surface area contributed by atoms with Crippen LogP contribution in [0.3, 0.4) is 0 Å². The highest BCUT2D eigenvalue weighted by Gasteiger charge is 2.43. The molecule has 2 aromatic rings. The highest BCUT2D eigenvalue weighted by Crippen LogP contribution is 2.46. The van der Waals surface area contributed by atoms with Crippen molar-refractivity contribution in [3.8, 4) is 0 Å². The van der Waals surface area contributed by atoms with Gasteiger partial charge in [-0.1, -0.05) is 18.2 Å². The summed E-state index contributed by atoms with van der Waals surface area (Å²) in [6.45, 7) is 4.28. The van der Waals surface area contributed by atoms with Gasteiger partial charge in [0.1, 0.15) is 5.69 Å². The van der Waals surface area contributed by atoms with E-state index in [0.29, 0.717) is 12.2 Å². The van der Waals surface area contributed by atoms with Crippen molar-refractivity contribution in [3.05, 3.63) is 54.1 Å². The number of benzene rings is 2. The minimum absolute atomic E-state index is 0. The van der Waals surface area contributed by atoms with Crippen LogP contribution >= 0.6 is 24.8 Å². The number of nitrogens with zero attached hydrogens (tertiary/aromatic N) is 3. The van der Waals surface area contributed by atoms with Crippen LogP contribution in [0.2, 0.25) is 0 Å². The molecule has 0 saturated carbocycles. The van der Waals surface area contributed by atoms with Gasteiger partial charge < -0.3 is 10.2 Å². The van der Waals surface area contributed by atoms with Crippen molar-refractivity contribution in [3.63, 3.8) is 0 Å². The lowest BCUT2D eigenvalue weighted by Gasteiger charge is -2.25. The van der Waals surface area contributed by atoms with Crippen molar-refractivity contribution in [2.75, 3.05) is 47.9 Å². The summed E-state index contributed by atoms with van der Waals surface area (Å²) in [5.74, 6) is -1.84. The molecular weight excluding hydrogens is 457 g/mol. The van der Waals surface area contributed by atoms with Gasteiger partial charge in [-0.25, -0.2) is 17.4 Å². The van der Waals surface area contributed by atoms with E-state index in [0.717, 1.165) is 49.0 Å². The highest BCUT2D eigenvalue weighted by molar-refractivity contribution is 7.95. The normalized spacial score (nSPS) is 18.2. The zero-order chi connectivity index (χ0) is 19.7. The Morgan fingerprint density at radius 1 is 0.867 bits per heavy atom. The Morgan fingerprint density at radius 2 is 1.53 bits per heavy atom. The van der Waals surface area contributed by atoms with Crippen molar-refractivity contribution in [2.45, 2.75) is 6.42 Å². The molecule has 0 amide bonds. The maximum Gasteiger partial charge on any atom is 0.331 e. The fraction of sp³-hybridized carbons (Fsp3) is 0.368. The second-order valence-electron chi connectivity index (χ2n) is 6.85. The Kier molecular flexibility index (Phi) is 8.29. The fourth-order valence-electron chi connectivity index (χ4n) is 3.71. The molecule has 1 N–H and O–H groups in total. The van der Waals surface area contributed by atoms with E-state index in [2.05, 4.69) is 10.2 Å². The lowest BCUT2D eigenvalue weighted by atomic mass is 10.2. The molecule has 0 bridgehead atoms. The number of halogens is 4. The van der Waals surface area contributed by atoms with Crippen LogP contribution in [0.5, 0.6) is 0 Å². The number of nitrogens with one attached hydrogen (secondary N) is 1. The van der Waals surface area contributed by atoms with E-state index < -0.39 is 27.5 Å². The van der Waals surface area contributed by atoms with Crippen LogP contribution in [0, 0.1) is 11.6 Å². The molecule has 0 radical (unpaired) electrons. The summed E-state index contributed by atoms with van der Waals surface area (Å²) in [7, 11) is -4.15. The topological polar surface area (TPSA) is 55.9 Å². The van der Waals surface area contributed by atoms with Gasteiger partial charge >= 0.3 is 10.2 Å². The summed E-state index contributed by atoms with van der Waals surface area (Å²) in [5.41, 5.74) is 0.110. The molecule has 4 rings (SSSR count). The van der Waals surface area contributed by atoms with Crippen LogP contribution in [0.1, 0.15) is 6.42 Å². The number of hydrogen-bond acceptors (Lipinski definition) is 4. The van der Waals surface area contributed by atoms with Crippen LogP contribution in [0.4, 0.5) is 25.8 Å². The quantitative estimate of drug-likeness (QED) is 0.729. The van der Waals surface area contributed by atoms with Gasteiger partial charge in [0, 0.05) is 26.2 Å². The van der Waals surface area contributed by atoms with Crippen LogP contribution in [0.15, 0.2) is 42.5 Å². The third-order valence-corrected chi connectivity index (χ3v) is 6.85. The summed E-state index contributed by atoms with van der Waals surface area (Å²) < 4.78 is 57.4. The average molecular weight is 481 g/mol. The van der Waals surface area contributed by atoms with Crippen LogP contribution in [-0.2, 0) is 10.2 Å². The first-order valence-electron chi connectivity index (χ1n) is 9.29. The monoisotopic (exact) mass is 480 g/mol. The SMILES string of the molecule is Cl.Cl.O=S1(=O)N(CCN2CCCNCC2)c2ccccc2N1c1c(F)cccc1F. The molecule has 2 aliphatic heterocycles. The van der Waals surface area contributed by atoms with Gasteiger partial charge in [-0.15, -0.1) is 24.8 Å². The molecule has 0 aromatic heterocycles. The van der Waals surface area contributed by atoms with Gasteiger partial charge in [0.2, 0.25) is 0 Å². The van der Waals surface area contributed by atoms with E-state index in [1.165, 1.54) is 10.4 Å². The summed E-state index contributed by atoms with van der Waals surface area (Å²) in [5, 5.41) is 3.31. The lowest BCUT2D eigenvalue weighted by Crippen LogP contribution is -2.41. The maximum absolute atomic E-state index is 14.4. The average Bonchev–Trinajstić information content (AvgIpc) is 2.84. The Labute approximate surface area is 187 Å². The zero-order valence-electron chi connectivity index (χ0n) is 16.1. The highest BCUT2D eigenvalue weighted by atomic mass is 35.5. The molecule has 166 valence electrons. The maximum atomic E-state index is 14.4. The smallest absolute Gasteiger partial charge is 0.315 e. The molecular formula is C19H24Cl2F2N4O2S. The van der Waals surface area contributed by atoms with Crippen molar-refractivity contribution in [1.29, 1.82) is 0 Å². The van der Waals surface area contributed by atoms with E-state index in [4.69, 9.17) is 0 Å². The first-order valence-corrected chi connectivity index (χ1v) is 10.7. The molecule has 0 aliphatic carbocycles. The summed E-state index contributed by atoms with van der Waals surface area (Å²) in [6.07, 6.45) is 0.996. The molecule has 1 saturated heterocycles. The van der Waals surface area contributed by atoms with Gasteiger partial charge in [0.15, 0.2) is 11.6 Å². The second-order valence-corrected chi connectivity index (χ2v) is 8.55. The Bertz CT molecular complexity index is 953. The van der Waals surface area contributed by atoms with Crippen molar-refractivity contribution >= 4 is 52.1 Å². The molecule has 2 aromatic carbocycles. The van der Waals surface area contributed by atoms with Gasteiger partial charge in [0.05, 0.1) is 11.4 Å². The van der Waals surface area contributed by atoms with Crippen molar-refractivity contribution in [1.82, 2.24) is 10.2 Å². The first-order chi connectivity index (χ1) is 13.5. The van der Waals surface area contributed by atoms with Crippen molar-refractivity contribution in [2.24, 2.45) is 0 Å². The van der Waals surface area contributed by atoms with E-state index in [-0.39, 0.29) is 37.0 Å². The largest absolute Gasteiger partial charge is 0.331 e. The van der Waals surface area contributed by atoms with Gasteiger partial charge in [-0.05, 0) is 43.8 Å². The summed E-state index contributed by atoms with van der Waals surface area (Å²) >= 11 is 0. The molecule has 0 atom stereocenters. The van der Waals surface area contributed by atoms with Crippen LogP contribution in [-0.4, -0.2) is 52.6 Å². The van der Waals surface area contributed by atoms with E-state index in [9.17, 15) is 17.2 Å². The number of para-hydroxylation sites is 3. The van der Waals surface area contributed by atoms with E-state index in [1.807, 2.05) is 0 Å². The summed E-state index contributed by atoms with van der Waals surface area (Å²) in [4.78, 5) is 2.20. The molecule has 0 unspecified atom stereocenters. The van der Waals surface area contributed by atoms with Gasteiger partial charge in [-0.3, -0.25) is 0 Å². The predicted octanol–water partition coefficient (Wildman–Crippen LogP) is 3.31. The molecule has 1 fully saturated rings. The predicted molar refractivity (Wildman–Crippen MR) is 120 cm³/mol. The minimum Gasteiger partial charge on any atom is -0.315 e. The standard InChI is InChI=1S/C19H22F2N4O2S.2ClH/c20-15-5-3-6-16(21)19(15)25-18-8-2-1-7-17(18)24(28(25,26)27)14-13-23-11-4-9-22-10-12-23;;/h1-3,5-8,22H,4,9-14H2;2*1H. The van der Waals surface area contributed by atoms with Gasteiger partial charge in [-0.2, -0.15) is 8.42 Å². The Balaban J connectivity index is 0.00000160. The molecule has 2 heterocycles. The van der Waals surface area contributed by atoms with Gasteiger partial charge in [0.25, 0.3) is 0 Å². The molecule has 11 heteroatoms. The van der Waals surface area contributed by atoms with Crippen LogP contribution in [0.25, 0.3) is 0 Å². The Hall–Kier alpha value is -1.65. The Morgan fingerprint density at radius 3 is 2.23 bits per heavy atom. The third kappa shape index (κ3) is 4.50. The number of anilines is 3.